The van der Waals surface area contributed by atoms with E-state index in [-0.39, 0.29) is 0 Å². The molecule has 2 aromatic rings. The molecule has 0 fully saturated rings. The second-order valence-corrected chi connectivity index (χ2v) is 5.54. The predicted molar refractivity (Wildman–Crippen MR) is 84.6 cm³/mol. The molecule has 104 valence electrons. The van der Waals surface area contributed by atoms with Crippen molar-refractivity contribution in [3.63, 3.8) is 0 Å². The molecule has 20 heavy (non-hydrogen) atoms. The Balaban J connectivity index is 1.74. The van der Waals surface area contributed by atoms with E-state index in [0.717, 1.165) is 18.8 Å². The molecular weight excluding hydrogens is 270 g/mol. The Morgan fingerprint density at radius 1 is 1.35 bits per heavy atom. The number of hydrogen-bond acceptors (Lipinski definition) is 3. The van der Waals surface area contributed by atoms with Crippen LogP contribution in [-0.4, -0.2) is 18.6 Å². The van der Waals surface area contributed by atoms with Crippen molar-refractivity contribution in [3.05, 3.63) is 52.8 Å². The summed E-state index contributed by atoms with van der Waals surface area (Å²) >= 11 is 6.04. The van der Waals surface area contributed by atoms with Gasteiger partial charge in [-0.3, -0.25) is 0 Å². The van der Waals surface area contributed by atoms with Gasteiger partial charge in [0, 0.05) is 32.0 Å². The van der Waals surface area contributed by atoms with Crippen LogP contribution in [0.25, 0.3) is 0 Å². The molecule has 1 aromatic carbocycles. The average Bonchev–Trinajstić information content (AvgIpc) is 2.46. The molecule has 0 atom stereocenters. The number of aromatic nitrogens is 1. The molecule has 4 heteroatoms. The molecule has 1 aliphatic rings. The van der Waals surface area contributed by atoms with Gasteiger partial charge in [0.15, 0.2) is 5.15 Å². The first kappa shape index (κ1) is 13.3. The minimum atomic E-state index is 0.519. The van der Waals surface area contributed by atoms with Crippen molar-refractivity contribution in [1.82, 2.24) is 4.98 Å². The summed E-state index contributed by atoms with van der Waals surface area (Å²) < 4.78 is 0. The lowest BCUT2D eigenvalue weighted by atomic mass is 9.99. The molecule has 0 unspecified atom stereocenters. The second-order valence-electron chi connectivity index (χ2n) is 5.18. The van der Waals surface area contributed by atoms with Gasteiger partial charge < -0.3 is 10.2 Å². The number of nitrogens with zero attached hydrogens (tertiary/aromatic N) is 2. The Kier molecular flexibility index (Phi) is 3.79. The van der Waals surface area contributed by atoms with Crippen LogP contribution in [0.15, 0.2) is 36.5 Å². The molecule has 3 nitrogen and oxygen atoms in total. The topological polar surface area (TPSA) is 28.2 Å². The van der Waals surface area contributed by atoms with Crippen molar-refractivity contribution in [3.8, 4) is 0 Å². The van der Waals surface area contributed by atoms with Crippen molar-refractivity contribution >= 4 is 23.0 Å². The van der Waals surface area contributed by atoms with E-state index < -0.39 is 0 Å². The summed E-state index contributed by atoms with van der Waals surface area (Å²) in [6, 6.07) is 10.5. The van der Waals surface area contributed by atoms with Crippen LogP contribution in [0.4, 0.5) is 11.4 Å². The fraction of sp³-hybridized carbons (Fsp3) is 0.312. The van der Waals surface area contributed by atoms with Crippen LogP contribution in [-0.2, 0) is 13.0 Å². The zero-order chi connectivity index (χ0) is 13.9. The molecule has 0 radical (unpaired) electrons. The van der Waals surface area contributed by atoms with Gasteiger partial charge in [0.05, 0.1) is 5.69 Å². The second kappa shape index (κ2) is 5.71. The quantitative estimate of drug-likeness (QED) is 0.872. The number of halogens is 1. The first-order valence-corrected chi connectivity index (χ1v) is 7.29. The van der Waals surface area contributed by atoms with Gasteiger partial charge in [0.1, 0.15) is 0 Å². The van der Waals surface area contributed by atoms with E-state index in [9.17, 15) is 0 Å². The standard InChI is InChI=1S/C16H18ClN3/c1-20-9-3-4-13-10-12(6-7-15(13)20)11-19-14-5-2-8-18-16(14)17/h2,5-8,10,19H,3-4,9,11H2,1H3. The monoisotopic (exact) mass is 287 g/mol. The van der Waals surface area contributed by atoms with E-state index in [1.54, 1.807) is 6.20 Å². The highest BCUT2D eigenvalue weighted by atomic mass is 35.5. The lowest BCUT2D eigenvalue weighted by Gasteiger charge is -2.27. The van der Waals surface area contributed by atoms with Gasteiger partial charge in [-0.05, 0) is 42.2 Å². The Labute approximate surface area is 124 Å². The van der Waals surface area contributed by atoms with Crippen molar-refractivity contribution in [2.45, 2.75) is 19.4 Å². The number of hydrogen-bond donors (Lipinski definition) is 1. The third-order valence-corrected chi connectivity index (χ3v) is 4.04. The van der Waals surface area contributed by atoms with Gasteiger partial charge >= 0.3 is 0 Å². The fourth-order valence-electron chi connectivity index (χ4n) is 2.66. The lowest BCUT2D eigenvalue weighted by molar-refractivity contribution is 0.743. The minimum absolute atomic E-state index is 0.519. The van der Waals surface area contributed by atoms with Crippen LogP contribution in [0.1, 0.15) is 17.5 Å². The van der Waals surface area contributed by atoms with E-state index in [4.69, 9.17) is 11.6 Å². The smallest absolute Gasteiger partial charge is 0.152 e. The zero-order valence-electron chi connectivity index (χ0n) is 11.6. The van der Waals surface area contributed by atoms with Crippen LogP contribution in [0.3, 0.4) is 0 Å². The van der Waals surface area contributed by atoms with E-state index in [2.05, 4.69) is 40.4 Å². The normalized spacial score (nSPS) is 14.0. The number of anilines is 2. The Morgan fingerprint density at radius 3 is 3.10 bits per heavy atom. The molecule has 0 saturated carbocycles. The molecule has 0 spiro atoms. The maximum absolute atomic E-state index is 6.04. The summed E-state index contributed by atoms with van der Waals surface area (Å²) in [6.45, 7) is 1.91. The van der Waals surface area contributed by atoms with Gasteiger partial charge in [0.2, 0.25) is 0 Å². The highest BCUT2D eigenvalue weighted by Gasteiger charge is 2.13. The van der Waals surface area contributed by atoms with Crippen molar-refractivity contribution in [2.24, 2.45) is 0 Å². The van der Waals surface area contributed by atoms with Crippen molar-refractivity contribution in [1.29, 1.82) is 0 Å². The van der Waals surface area contributed by atoms with Crippen LogP contribution < -0.4 is 10.2 Å². The first-order chi connectivity index (χ1) is 9.74. The highest BCUT2D eigenvalue weighted by Crippen LogP contribution is 2.27. The summed E-state index contributed by atoms with van der Waals surface area (Å²) in [5.74, 6) is 0. The number of pyridine rings is 1. The minimum Gasteiger partial charge on any atom is -0.378 e. The Morgan fingerprint density at radius 2 is 2.25 bits per heavy atom. The van der Waals surface area contributed by atoms with E-state index in [1.807, 2.05) is 12.1 Å². The molecule has 1 aliphatic heterocycles. The summed E-state index contributed by atoms with van der Waals surface area (Å²) in [4.78, 5) is 6.40. The molecule has 0 bridgehead atoms. The number of fused-ring (bicyclic) bond motifs is 1. The predicted octanol–water partition coefficient (Wildman–Crippen LogP) is 3.73. The molecule has 3 rings (SSSR count). The van der Waals surface area contributed by atoms with Crippen molar-refractivity contribution in [2.75, 3.05) is 23.8 Å². The molecule has 0 saturated heterocycles. The maximum Gasteiger partial charge on any atom is 0.152 e. The van der Waals surface area contributed by atoms with Crippen LogP contribution >= 0.6 is 11.6 Å². The molecule has 1 aromatic heterocycles. The van der Waals surface area contributed by atoms with Crippen LogP contribution in [0, 0.1) is 0 Å². The van der Waals surface area contributed by atoms with E-state index >= 15 is 0 Å². The lowest BCUT2D eigenvalue weighted by Crippen LogP contribution is -2.24. The average molecular weight is 288 g/mol. The maximum atomic E-state index is 6.04. The summed E-state index contributed by atoms with van der Waals surface area (Å²) in [5, 5.41) is 3.86. The number of nitrogens with one attached hydrogen (secondary N) is 1. The molecule has 0 aliphatic carbocycles. The van der Waals surface area contributed by atoms with Gasteiger partial charge in [-0.1, -0.05) is 23.7 Å². The third-order valence-electron chi connectivity index (χ3n) is 3.74. The van der Waals surface area contributed by atoms with E-state index in [0.29, 0.717) is 5.15 Å². The number of rotatable bonds is 3. The summed E-state index contributed by atoms with van der Waals surface area (Å²) in [5.41, 5.74) is 4.96. The van der Waals surface area contributed by atoms with Crippen LogP contribution in [0.2, 0.25) is 5.15 Å². The summed E-state index contributed by atoms with van der Waals surface area (Å²) in [7, 11) is 2.16. The summed E-state index contributed by atoms with van der Waals surface area (Å²) in [6.07, 6.45) is 4.10. The zero-order valence-corrected chi connectivity index (χ0v) is 12.3. The molecule has 2 heterocycles. The first-order valence-electron chi connectivity index (χ1n) is 6.91. The van der Waals surface area contributed by atoms with Gasteiger partial charge in [-0.25, -0.2) is 4.98 Å². The van der Waals surface area contributed by atoms with Gasteiger partial charge in [-0.2, -0.15) is 0 Å². The highest BCUT2D eigenvalue weighted by molar-refractivity contribution is 6.31. The SMILES string of the molecule is CN1CCCc2cc(CNc3cccnc3Cl)ccc21. The number of benzene rings is 1. The van der Waals surface area contributed by atoms with Gasteiger partial charge in [-0.15, -0.1) is 0 Å². The molecular formula is C16H18ClN3. The van der Waals surface area contributed by atoms with E-state index in [1.165, 1.54) is 29.7 Å². The van der Waals surface area contributed by atoms with Crippen molar-refractivity contribution < 1.29 is 0 Å². The van der Waals surface area contributed by atoms with Crippen LogP contribution in [0.5, 0.6) is 0 Å². The Bertz CT molecular complexity index is 612. The molecule has 0 amide bonds. The number of aryl methyl sites for hydroxylation is 1. The largest absolute Gasteiger partial charge is 0.378 e. The third kappa shape index (κ3) is 2.73. The molecule has 1 N–H and O–H groups in total. The van der Waals surface area contributed by atoms with Gasteiger partial charge in [0.25, 0.3) is 0 Å². The Hall–Kier alpha value is -1.74. The fourth-order valence-corrected chi connectivity index (χ4v) is 2.85.